The maximum Gasteiger partial charge on any atom is 0.412 e. The lowest BCUT2D eigenvalue weighted by molar-refractivity contribution is -0.191. The summed E-state index contributed by atoms with van der Waals surface area (Å²) in [5.74, 6) is 2.50. The summed E-state index contributed by atoms with van der Waals surface area (Å²) in [7, 11) is 0. The van der Waals surface area contributed by atoms with E-state index in [0.29, 0.717) is 26.0 Å². The van der Waals surface area contributed by atoms with Crippen LogP contribution in [0.3, 0.4) is 0 Å². The lowest BCUT2D eigenvalue weighted by atomic mass is 9.54. The summed E-state index contributed by atoms with van der Waals surface area (Å²) in [5.41, 5.74) is -2.73. The van der Waals surface area contributed by atoms with Crippen molar-refractivity contribution >= 4 is 6.09 Å². The summed E-state index contributed by atoms with van der Waals surface area (Å²) in [4.78, 5) is 14.4. The Hall–Kier alpha value is -0.850. The lowest BCUT2D eigenvalue weighted by Crippen LogP contribution is -2.70. The van der Waals surface area contributed by atoms with E-state index in [1.165, 1.54) is 43.4 Å². The number of nitrogens with one attached hydrogen (secondary N) is 1. The van der Waals surface area contributed by atoms with Gasteiger partial charge in [0.25, 0.3) is 0 Å². The highest BCUT2D eigenvalue weighted by atomic mass is 16.6. The molecule has 2 saturated heterocycles. The van der Waals surface area contributed by atoms with E-state index in [1.54, 1.807) is 6.92 Å². The number of aliphatic hydroxyl groups is 1. The molecule has 6 aliphatic rings. The largest absolute Gasteiger partial charge is 0.437 e. The van der Waals surface area contributed by atoms with Gasteiger partial charge in [0.05, 0.1) is 18.8 Å². The molecule has 2 N–H and O–H groups in total. The van der Waals surface area contributed by atoms with E-state index in [0.717, 1.165) is 17.8 Å². The van der Waals surface area contributed by atoms with Crippen molar-refractivity contribution in [1.29, 1.82) is 0 Å². The zero-order valence-electron chi connectivity index (χ0n) is 19.4. The first kappa shape index (κ1) is 21.0. The minimum absolute atomic E-state index is 0.0145. The average molecular weight is 421 g/mol. The van der Waals surface area contributed by atoms with Crippen molar-refractivity contribution in [2.24, 2.45) is 17.8 Å². The van der Waals surface area contributed by atoms with Crippen molar-refractivity contribution in [2.45, 2.75) is 114 Å². The van der Waals surface area contributed by atoms with Crippen LogP contribution in [0.25, 0.3) is 0 Å². The molecule has 4 saturated carbocycles. The summed E-state index contributed by atoms with van der Waals surface area (Å²) < 4.78 is 12.5. The molecule has 6 rings (SSSR count). The van der Waals surface area contributed by atoms with Crippen molar-refractivity contribution in [3.8, 4) is 0 Å². The van der Waals surface area contributed by atoms with Crippen LogP contribution >= 0.6 is 0 Å². The predicted octanol–water partition coefficient (Wildman–Crippen LogP) is 3.81. The van der Waals surface area contributed by atoms with Crippen molar-refractivity contribution in [3.05, 3.63) is 0 Å². The molecule has 2 heterocycles. The topological polar surface area (TPSA) is 71.0 Å². The van der Waals surface area contributed by atoms with E-state index in [9.17, 15) is 9.90 Å². The summed E-state index contributed by atoms with van der Waals surface area (Å²) in [6, 6.07) is 0. The first-order valence-corrected chi connectivity index (χ1v) is 12.0. The van der Waals surface area contributed by atoms with E-state index in [1.807, 2.05) is 0 Å². The van der Waals surface area contributed by atoms with Crippen LogP contribution in [-0.2, 0) is 9.47 Å². The normalized spacial score (nSPS) is 45.2. The van der Waals surface area contributed by atoms with Crippen LogP contribution in [0.4, 0.5) is 4.79 Å². The average Bonchev–Trinajstić information content (AvgIpc) is 2.69. The monoisotopic (exact) mass is 420 g/mol. The first-order chi connectivity index (χ1) is 13.8. The van der Waals surface area contributed by atoms with E-state index in [4.69, 9.17) is 9.47 Å². The molecular weight excluding hydrogens is 380 g/mol. The summed E-state index contributed by atoms with van der Waals surface area (Å²) >= 11 is 0. The van der Waals surface area contributed by atoms with Crippen LogP contribution < -0.4 is 5.32 Å². The lowest BCUT2D eigenvalue weighted by Gasteiger charge is -2.56. The molecule has 0 unspecified atom stereocenters. The highest BCUT2D eigenvalue weighted by Gasteiger charge is 2.66. The van der Waals surface area contributed by atoms with Gasteiger partial charge in [-0.3, -0.25) is 4.90 Å². The van der Waals surface area contributed by atoms with Crippen LogP contribution in [0.1, 0.15) is 86.0 Å². The third-order valence-corrected chi connectivity index (χ3v) is 8.73. The number of ether oxygens (including phenoxy) is 2. The molecule has 0 aromatic rings. The van der Waals surface area contributed by atoms with Gasteiger partial charge >= 0.3 is 6.09 Å². The van der Waals surface area contributed by atoms with Gasteiger partial charge in [-0.1, -0.05) is 0 Å². The highest BCUT2D eigenvalue weighted by molar-refractivity contribution is 5.72. The zero-order chi connectivity index (χ0) is 21.6. The van der Waals surface area contributed by atoms with Crippen LogP contribution in [0.5, 0.6) is 0 Å². The molecule has 30 heavy (non-hydrogen) atoms. The Bertz CT molecular complexity index is 677. The standard InChI is InChI=1S/C24H40N2O4/c1-20(2)14-24(15-21(3,4)25-20)22(5,28)26(19(27)30-24)6-7-29-23-11-16-8-17(12-23)10-18(9-16)13-23/h16-18,25,28H,6-15H2,1-5H3/t16?,17?,18?,22-,23?/m1/s1. The molecule has 170 valence electrons. The number of nitrogens with zero attached hydrogens (tertiary/aromatic N) is 1. The Morgan fingerprint density at radius 3 is 2.00 bits per heavy atom. The molecule has 0 aromatic heterocycles. The van der Waals surface area contributed by atoms with Gasteiger partial charge in [0.2, 0.25) is 0 Å². The Morgan fingerprint density at radius 2 is 1.50 bits per heavy atom. The van der Waals surface area contributed by atoms with Gasteiger partial charge < -0.3 is 19.9 Å². The van der Waals surface area contributed by atoms with Crippen LogP contribution in [0.2, 0.25) is 0 Å². The van der Waals surface area contributed by atoms with Gasteiger partial charge in [0.15, 0.2) is 11.3 Å². The van der Waals surface area contributed by atoms with Gasteiger partial charge in [-0.2, -0.15) is 0 Å². The summed E-state index contributed by atoms with van der Waals surface area (Å²) in [5, 5.41) is 15.2. The van der Waals surface area contributed by atoms with Crippen LogP contribution in [-0.4, -0.2) is 57.3 Å². The van der Waals surface area contributed by atoms with Gasteiger partial charge in [-0.25, -0.2) is 4.79 Å². The minimum Gasteiger partial charge on any atom is -0.437 e. The first-order valence-electron chi connectivity index (χ1n) is 12.0. The van der Waals surface area contributed by atoms with E-state index in [2.05, 4.69) is 33.0 Å². The fourth-order valence-corrected chi connectivity index (χ4v) is 8.51. The molecule has 6 heteroatoms. The minimum atomic E-state index is -1.36. The fourth-order valence-electron chi connectivity index (χ4n) is 8.51. The van der Waals surface area contributed by atoms with E-state index in [-0.39, 0.29) is 16.7 Å². The second-order valence-electron chi connectivity index (χ2n) is 12.7. The van der Waals surface area contributed by atoms with Crippen molar-refractivity contribution in [2.75, 3.05) is 13.2 Å². The Balaban J connectivity index is 1.28. The maximum absolute atomic E-state index is 12.9. The molecule has 1 spiro atoms. The third-order valence-electron chi connectivity index (χ3n) is 8.73. The number of hydrogen-bond acceptors (Lipinski definition) is 5. The molecule has 0 radical (unpaired) electrons. The summed E-state index contributed by atoms with van der Waals surface area (Å²) in [6.07, 6.45) is 8.44. The van der Waals surface area contributed by atoms with Crippen molar-refractivity contribution in [1.82, 2.24) is 10.2 Å². The molecule has 1 amide bonds. The van der Waals surface area contributed by atoms with Crippen molar-refractivity contribution < 1.29 is 19.4 Å². The Labute approximate surface area is 181 Å². The number of hydrogen-bond donors (Lipinski definition) is 2. The molecule has 4 aliphatic carbocycles. The maximum atomic E-state index is 12.9. The smallest absolute Gasteiger partial charge is 0.412 e. The number of carbonyl (C=O) groups excluding carboxylic acids is 1. The molecule has 2 aliphatic heterocycles. The number of piperidine rings is 1. The fraction of sp³-hybridized carbons (Fsp3) is 0.958. The van der Waals surface area contributed by atoms with Gasteiger partial charge in [-0.15, -0.1) is 0 Å². The predicted molar refractivity (Wildman–Crippen MR) is 114 cm³/mol. The highest BCUT2D eigenvalue weighted by Crippen LogP contribution is 2.57. The molecule has 0 aromatic carbocycles. The summed E-state index contributed by atoms with van der Waals surface area (Å²) in [6.45, 7) is 11.0. The van der Waals surface area contributed by atoms with Crippen LogP contribution in [0.15, 0.2) is 0 Å². The van der Waals surface area contributed by atoms with Gasteiger partial charge in [0.1, 0.15) is 0 Å². The quantitative estimate of drug-likeness (QED) is 0.724. The molecular formula is C24H40N2O4. The van der Waals surface area contributed by atoms with E-state index >= 15 is 0 Å². The number of rotatable bonds is 4. The van der Waals surface area contributed by atoms with Gasteiger partial charge in [0, 0.05) is 23.9 Å². The molecule has 1 atom stereocenters. The third kappa shape index (κ3) is 3.29. The van der Waals surface area contributed by atoms with Crippen molar-refractivity contribution in [3.63, 3.8) is 0 Å². The molecule has 6 nitrogen and oxygen atoms in total. The molecule has 4 bridgehead atoms. The second kappa shape index (κ2) is 6.35. The SMILES string of the molecule is CC1(C)CC2(CC(C)(C)N1)OC(=O)N(CCOC13CC4CC(CC(C4)C1)C3)[C@]2(C)O. The Morgan fingerprint density at radius 1 is 1.00 bits per heavy atom. The van der Waals surface area contributed by atoms with Gasteiger partial charge in [-0.05, 0) is 90.9 Å². The van der Waals surface area contributed by atoms with Crippen LogP contribution in [0, 0.1) is 17.8 Å². The molecule has 6 fully saturated rings. The zero-order valence-corrected chi connectivity index (χ0v) is 19.4. The second-order valence-corrected chi connectivity index (χ2v) is 12.7. The van der Waals surface area contributed by atoms with E-state index < -0.39 is 17.4 Å². The number of carbonyl (C=O) groups is 1. The Kier molecular flexibility index (Phi) is 4.45. The number of amides is 1.